The quantitative estimate of drug-likeness (QED) is 0.509. The predicted octanol–water partition coefficient (Wildman–Crippen LogP) is 5.50. The number of ether oxygens (including phenoxy) is 1. The van der Waals surface area contributed by atoms with Gasteiger partial charge in [-0.05, 0) is 54.6 Å². The predicted molar refractivity (Wildman–Crippen MR) is 114 cm³/mol. The topological polar surface area (TPSA) is 51.2 Å². The van der Waals surface area contributed by atoms with E-state index < -0.39 is 0 Å². The van der Waals surface area contributed by atoms with Crippen LogP contribution in [0.25, 0.3) is 11.3 Å². The molecule has 3 aromatic rings. The smallest absolute Gasteiger partial charge is 0.230 e. The third kappa shape index (κ3) is 5.58. The molecule has 27 heavy (non-hydrogen) atoms. The Labute approximate surface area is 168 Å². The van der Waals surface area contributed by atoms with Crippen LogP contribution in [0.1, 0.15) is 19.4 Å². The summed E-state index contributed by atoms with van der Waals surface area (Å²) >= 11 is 3.22. The number of carbonyl (C=O) groups is 1. The Bertz CT molecular complexity index is 874. The molecule has 140 valence electrons. The van der Waals surface area contributed by atoms with Crippen molar-refractivity contribution in [1.29, 1.82) is 0 Å². The standard InChI is InChI=1S/C21H22N2O2S2/c1-3-25-17-9-7-16(8-10-17)19-14-27-21(22-19)23-20(24)13-15-5-11-18(12-6-15)26-4-2/h5-12,14H,3-4,13H2,1-2H3,(H,22,23,24). The second-order valence-corrected chi connectivity index (χ2v) is 7.99. The molecule has 0 aliphatic carbocycles. The molecule has 0 radical (unpaired) electrons. The summed E-state index contributed by atoms with van der Waals surface area (Å²) in [4.78, 5) is 18.0. The van der Waals surface area contributed by atoms with Gasteiger partial charge in [-0.2, -0.15) is 0 Å². The summed E-state index contributed by atoms with van der Waals surface area (Å²) in [6.07, 6.45) is 0.342. The van der Waals surface area contributed by atoms with Crippen molar-refractivity contribution in [3.05, 3.63) is 59.5 Å². The van der Waals surface area contributed by atoms with Gasteiger partial charge in [-0.15, -0.1) is 23.1 Å². The molecule has 0 saturated heterocycles. The molecule has 3 rings (SSSR count). The molecule has 0 atom stereocenters. The van der Waals surface area contributed by atoms with Crippen LogP contribution in [0.3, 0.4) is 0 Å². The lowest BCUT2D eigenvalue weighted by molar-refractivity contribution is -0.115. The summed E-state index contributed by atoms with van der Waals surface area (Å²) in [7, 11) is 0. The van der Waals surface area contributed by atoms with Gasteiger partial charge in [0.1, 0.15) is 5.75 Å². The zero-order valence-corrected chi connectivity index (χ0v) is 17.0. The molecule has 0 saturated carbocycles. The van der Waals surface area contributed by atoms with E-state index in [2.05, 4.69) is 29.4 Å². The second-order valence-electron chi connectivity index (χ2n) is 5.80. The first-order chi connectivity index (χ1) is 13.2. The fourth-order valence-electron chi connectivity index (χ4n) is 2.57. The number of carbonyl (C=O) groups excluding carboxylic acids is 1. The monoisotopic (exact) mass is 398 g/mol. The Morgan fingerprint density at radius 3 is 2.52 bits per heavy atom. The molecule has 0 bridgehead atoms. The van der Waals surface area contributed by atoms with Gasteiger partial charge in [-0.25, -0.2) is 4.98 Å². The molecule has 0 spiro atoms. The molecule has 1 amide bonds. The number of anilines is 1. The van der Waals surface area contributed by atoms with Gasteiger partial charge in [0.25, 0.3) is 0 Å². The van der Waals surface area contributed by atoms with Crippen LogP contribution in [-0.4, -0.2) is 23.3 Å². The van der Waals surface area contributed by atoms with Crippen molar-refractivity contribution < 1.29 is 9.53 Å². The lowest BCUT2D eigenvalue weighted by atomic mass is 10.1. The normalized spacial score (nSPS) is 10.6. The number of thiazole rings is 1. The van der Waals surface area contributed by atoms with E-state index in [4.69, 9.17) is 4.74 Å². The minimum absolute atomic E-state index is 0.0570. The molecule has 1 N–H and O–H groups in total. The van der Waals surface area contributed by atoms with E-state index in [-0.39, 0.29) is 5.91 Å². The van der Waals surface area contributed by atoms with E-state index in [0.717, 1.165) is 28.3 Å². The van der Waals surface area contributed by atoms with Crippen molar-refractivity contribution >= 4 is 34.1 Å². The third-order valence-corrected chi connectivity index (χ3v) is 5.46. The number of nitrogens with zero attached hydrogens (tertiary/aromatic N) is 1. The van der Waals surface area contributed by atoms with Gasteiger partial charge in [0, 0.05) is 15.8 Å². The van der Waals surface area contributed by atoms with E-state index in [0.29, 0.717) is 18.2 Å². The number of hydrogen-bond acceptors (Lipinski definition) is 5. The number of hydrogen-bond donors (Lipinski definition) is 1. The van der Waals surface area contributed by atoms with Crippen LogP contribution in [0.15, 0.2) is 58.8 Å². The summed E-state index contributed by atoms with van der Waals surface area (Å²) in [5, 5.41) is 5.45. The van der Waals surface area contributed by atoms with E-state index in [1.165, 1.54) is 16.2 Å². The maximum Gasteiger partial charge on any atom is 0.230 e. The Morgan fingerprint density at radius 1 is 1.11 bits per heavy atom. The largest absolute Gasteiger partial charge is 0.494 e. The number of aromatic nitrogens is 1. The Kier molecular flexibility index (Phi) is 6.90. The summed E-state index contributed by atoms with van der Waals surface area (Å²) in [6, 6.07) is 15.9. The van der Waals surface area contributed by atoms with Crippen LogP contribution in [0.4, 0.5) is 5.13 Å². The molecular formula is C21H22N2O2S2. The van der Waals surface area contributed by atoms with Crippen LogP contribution in [0.2, 0.25) is 0 Å². The number of nitrogens with one attached hydrogen (secondary N) is 1. The van der Waals surface area contributed by atoms with Gasteiger partial charge in [0.15, 0.2) is 5.13 Å². The fraction of sp³-hybridized carbons (Fsp3) is 0.238. The summed E-state index contributed by atoms with van der Waals surface area (Å²) < 4.78 is 5.46. The van der Waals surface area contributed by atoms with Crippen LogP contribution in [-0.2, 0) is 11.2 Å². The van der Waals surface area contributed by atoms with Gasteiger partial charge in [-0.3, -0.25) is 4.79 Å². The van der Waals surface area contributed by atoms with E-state index in [9.17, 15) is 4.79 Å². The molecule has 2 aromatic carbocycles. The maximum absolute atomic E-state index is 12.3. The SMILES string of the molecule is CCOc1ccc(-c2csc(NC(=O)Cc3ccc(SCC)cc3)n2)cc1. The van der Waals surface area contributed by atoms with Crippen molar-refractivity contribution in [3.8, 4) is 17.0 Å². The number of rotatable bonds is 8. The molecule has 0 unspecified atom stereocenters. The third-order valence-electron chi connectivity index (χ3n) is 3.81. The van der Waals surface area contributed by atoms with E-state index in [1.807, 2.05) is 48.7 Å². The van der Waals surface area contributed by atoms with Crippen LogP contribution < -0.4 is 10.1 Å². The highest BCUT2D eigenvalue weighted by atomic mass is 32.2. The Balaban J connectivity index is 1.58. The molecule has 4 nitrogen and oxygen atoms in total. The summed E-state index contributed by atoms with van der Waals surface area (Å²) in [5.74, 6) is 1.83. The molecule has 0 aliphatic rings. The maximum atomic E-state index is 12.3. The van der Waals surface area contributed by atoms with Crippen molar-refractivity contribution in [2.75, 3.05) is 17.7 Å². The second kappa shape index (κ2) is 9.58. The van der Waals surface area contributed by atoms with E-state index in [1.54, 1.807) is 11.8 Å². The first-order valence-corrected chi connectivity index (χ1v) is 10.7. The molecule has 0 fully saturated rings. The highest BCUT2D eigenvalue weighted by Crippen LogP contribution is 2.26. The van der Waals surface area contributed by atoms with E-state index >= 15 is 0 Å². The Hall–Kier alpha value is -2.31. The van der Waals surface area contributed by atoms with Crippen molar-refractivity contribution in [3.63, 3.8) is 0 Å². The lowest BCUT2D eigenvalue weighted by Crippen LogP contribution is -2.14. The molecule has 0 aliphatic heterocycles. The number of amides is 1. The van der Waals surface area contributed by atoms with Gasteiger partial charge in [0.05, 0.1) is 18.7 Å². The van der Waals surface area contributed by atoms with Crippen molar-refractivity contribution in [1.82, 2.24) is 4.98 Å². The fourth-order valence-corrected chi connectivity index (χ4v) is 3.97. The zero-order chi connectivity index (χ0) is 19.1. The molecule has 1 heterocycles. The van der Waals surface area contributed by atoms with Crippen LogP contribution >= 0.6 is 23.1 Å². The highest BCUT2D eigenvalue weighted by molar-refractivity contribution is 7.99. The minimum atomic E-state index is -0.0570. The van der Waals surface area contributed by atoms with Crippen LogP contribution in [0, 0.1) is 0 Å². The molecule has 6 heteroatoms. The Morgan fingerprint density at radius 2 is 1.85 bits per heavy atom. The van der Waals surface area contributed by atoms with Crippen molar-refractivity contribution in [2.24, 2.45) is 0 Å². The first kappa shape index (κ1) is 19.5. The van der Waals surface area contributed by atoms with Gasteiger partial charge in [-0.1, -0.05) is 19.1 Å². The average Bonchev–Trinajstić information content (AvgIpc) is 3.13. The minimum Gasteiger partial charge on any atom is -0.494 e. The summed E-state index contributed by atoms with van der Waals surface area (Å²) in [6.45, 7) is 4.73. The summed E-state index contributed by atoms with van der Waals surface area (Å²) in [5.41, 5.74) is 2.84. The average molecular weight is 399 g/mol. The number of thioether (sulfide) groups is 1. The lowest BCUT2D eigenvalue weighted by Gasteiger charge is -2.04. The van der Waals surface area contributed by atoms with Gasteiger partial charge >= 0.3 is 0 Å². The molecule has 1 aromatic heterocycles. The first-order valence-electron chi connectivity index (χ1n) is 8.88. The van der Waals surface area contributed by atoms with Gasteiger partial charge in [0.2, 0.25) is 5.91 Å². The highest BCUT2D eigenvalue weighted by Gasteiger charge is 2.09. The van der Waals surface area contributed by atoms with Crippen LogP contribution in [0.5, 0.6) is 5.75 Å². The van der Waals surface area contributed by atoms with Crippen molar-refractivity contribution in [2.45, 2.75) is 25.2 Å². The zero-order valence-electron chi connectivity index (χ0n) is 15.4. The molecular weight excluding hydrogens is 376 g/mol. The van der Waals surface area contributed by atoms with Gasteiger partial charge < -0.3 is 10.1 Å². The number of benzene rings is 2.